The number of hydrogen-bond donors (Lipinski definition) is 2. The van der Waals surface area contributed by atoms with E-state index in [2.05, 4.69) is 28.6 Å². The van der Waals surface area contributed by atoms with Crippen molar-refractivity contribution in [3.05, 3.63) is 23.9 Å². The maximum atomic E-state index is 5.34. The molecule has 0 saturated heterocycles. The monoisotopic (exact) mass is 361 g/mol. The highest BCUT2D eigenvalue weighted by Crippen LogP contribution is 2.40. The van der Waals surface area contributed by atoms with Crippen molar-refractivity contribution in [1.82, 2.24) is 15.6 Å². The van der Waals surface area contributed by atoms with Gasteiger partial charge in [-0.05, 0) is 37.7 Å². The lowest BCUT2D eigenvalue weighted by molar-refractivity contribution is 0.138. The predicted molar refractivity (Wildman–Crippen MR) is 109 cm³/mol. The van der Waals surface area contributed by atoms with Crippen LogP contribution < -0.4 is 15.5 Å². The van der Waals surface area contributed by atoms with Crippen LogP contribution in [0.25, 0.3) is 0 Å². The zero-order chi connectivity index (χ0) is 18.8. The van der Waals surface area contributed by atoms with Crippen LogP contribution in [0.4, 0.5) is 5.82 Å². The minimum Gasteiger partial charge on any atom is -0.385 e. The summed E-state index contributed by atoms with van der Waals surface area (Å²) in [6.45, 7) is 5.35. The summed E-state index contributed by atoms with van der Waals surface area (Å²) in [4.78, 5) is 11.3. The number of guanidine groups is 1. The van der Waals surface area contributed by atoms with Gasteiger partial charge in [0.05, 0.1) is 6.54 Å². The first-order chi connectivity index (χ1) is 12.6. The van der Waals surface area contributed by atoms with Gasteiger partial charge in [0.1, 0.15) is 5.82 Å². The third-order valence-corrected chi connectivity index (χ3v) is 5.17. The Balaban J connectivity index is 2.02. The zero-order valence-electron chi connectivity index (χ0n) is 16.8. The molecule has 26 heavy (non-hydrogen) atoms. The second-order valence-corrected chi connectivity index (χ2v) is 7.38. The van der Waals surface area contributed by atoms with Crippen molar-refractivity contribution in [3.63, 3.8) is 0 Å². The van der Waals surface area contributed by atoms with Gasteiger partial charge in [0, 0.05) is 52.7 Å². The summed E-state index contributed by atoms with van der Waals surface area (Å²) in [6, 6.07) is 4.06. The quantitative estimate of drug-likeness (QED) is 0.523. The summed E-state index contributed by atoms with van der Waals surface area (Å²) in [5, 5.41) is 6.95. The van der Waals surface area contributed by atoms with Crippen molar-refractivity contribution >= 4 is 11.8 Å². The van der Waals surface area contributed by atoms with E-state index in [1.807, 2.05) is 31.3 Å². The van der Waals surface area contributed by atoms with E-state index in [0.29, 0.717) is 12.0 Å². The summed E-state index contributed by atoms with van der Waals surface area (Å²) < 4.78 is 5.34. The van der Waals surface area contributed by atoms with E-state index >= 15 is 0 Å². The summed E-state index contributed by atoms with van der Waals surface area (Å²) in [6.07, 6.45) is 8.13. The number of rotatable bonds is 9. The van der Waals surface area contributed by atoms with Gasteiger partial charge in [-0.2, -0.15) is 0 Å². The Morgan fingerprint density at radius 2 is 2.08 bits per heavy atom. The molecule has 1 aliphatic carbocycles. The fourth-order valence-corrected chi connectivity index (χ4v) is 3.69. The Labute approximate surface area is 158 Å². The molecule has 1 saturated carbocycles. The van der Waals surface area contributed by atoms with E-state index in [9.17, 15) is 0 Å². The van der Waals surface area contributed by atoms with Crippen molar-refractivity contribution in [2.45, 2.75) is 45.6 Å². The van der Waals surface area contributed by atoms with Crippen LogP contribution in [0.15, 0.2) is 23.3 Å². The third-order valence-electron chi connectivity index (χ3n) is 5.17. The van der Waals surface area contributed by atoms with Crippen molar-refractivity contribution in [2.75, 3.05) is 45.8 Å². The zero-order valence-corrected chi connectivity index (χ0v) is 16.8. The first-order valence-electron chi connectivity index (χ1n) is 9.72. The number of aliphatic imine (C=N–C) groups is 1. The van der Waals surface area contributed by atoms with Crippen LogP contribution >= 0.6 is 0 Å². The second-order valence-electron chi connectivity index (χ2n) is 7.38. The lowest BCUT2D eigenvalue weighted by Crippen LogP contribution is -2.43. The van der Waals surface area contributed by atoms with E-state index in [1.165, 1.54) is 25.7 Å². The third kappa shape index (κ3) is 5.87. The maximum Gasteiger partial charge on any atom is 0.191 e. The Kier molecular flexibility index (Phi) is 8.16. The molecule has 146 valence electrons. The summed E-state index contributed by atoms with van der Waals surface area (Å²) in [7, 11) is 5.81. The van der Waals surface area contributed by atoms with Gasteiger partial charge in [-0.3, -0.25) is 0 Å². The number of pyridine rings is 1. The highest BCUT2D eigenvalue weighted by Gasteiger charge is 2.33. The molecule has 0 aromatic carbocycles. The molecule has 0 bridgehead atoms. The second kappa shape index (κ2) is 10.4. The number of nitrogens with one attached hydrogen (secondary N) is 2. The molecule has 2 N–H and O–H groups in total. The molecule has 1 aromatic heterocycles. The first kappa shape index (κ1) is 20.5. The standard InChI is InChI=1S/C20H35N5O/c1-5-21-19(23-15-17-9-8-13-22-18(17)25(2)3)24-16-20(12-14-26-4)10-6-7-11-20/h8-9,13H,5-7,10-12,14-16H2,1-4H3,(H2,21,23,24). The van der Waals surface area contributed by atoms with E-state index in [-0.39, 0.29) is 0 Å². The van der Waals surface area contributed by atoms with Crippen molar-refractivity contribution in [2.24, 2.45) is 10.4 Å². The average Bonchev–Trinajstić information content (AvgIpc) is 3.11. The molecule has 0 spiro atoms. The Morgan fingerprint density at radius 1 is 1.31 bits per heavy atom. The molecule has 0 amide bonds. The van der Waals surface area contributed by atoms with Gasteiger partial charge >= 0.3 is 0 Å². The number of anilines is 1. The van der Waals surface area contributed by atoms with Gasteiger partial charge in [0.25, 0.3) is 0 Å². The molecular weight excluding hydrogens is 326 g/mol. The van der Waals surface area contributed by atoms with Crippen LogP contribution in [-0.2, 0) is 11.3 Å². The highest BCUT2D eigenvalue weighted by atomic mass is 16.5. The van der Waals surface area contributed by atoms with E-state index < -0.39 is 0 Å². The first-order valence-corrected chi connectivity index (χ1v) is 9.72. The van der Waals surface area contributed by atoms with Crippen LogP contribution in [0.1, 0.15) is 44.6 Å². The number of ether oxygens (including phenoxy) is 1. The number of aromatic nitrogens is 1. The molecule has 6 heteroatoms. The fraction of sp³-hybridized carbons (Fsp3) is 0.700. The largest absolute Gasteiger partial charge is 0.385 e. The minimum absolute atomic E-state index is 0.343. The molecule has 0 unspecified atom stereocenters. The summed E-state index contributed by atoms with van der Waals surface area (Å²) in [5.41, 5.74) is 1.47. The van der Waals surface area contributed by atoms with Gasteiger partial charge in [0.15, 0.2) is 5.96 Å². The molecule has 1 fully saturated rings. The van der Waals surface area contributed by atoms with Gasteiger partial charge in [-0.25, -0.2) is 9.98 Å². The van der Waals surface area contributed by atoms with Crippen LogP contribution in [-0.4, -0.2) is 51.8 Å². The van der Waals surface area contributed by atoms with Crippen LogP contribution in [0.3, 0.4) is 0 Å². The van der Waals surface area contributed by atoms with Crippen LogP contribution in [0.2, 0.25) is 0 Å². The Bertz CT molecular complexity index is 567. The maximum absolute atomic E-state index is 5.34. The molecule has 0 aliphatic heterocycles. The Morgan fingerprint density at radius 3 is 2.73 bits per heavy atom. The normalized spacial score (nSPS) is 16.5. The molecule has 1 aliphatic rings. The van der Waals surface area contributed by atoms with Crippen molar-refractivity contribution in [1.29, 1.82) is 0 Å². The molecule has 2 rings (SSSR count). The SMILES string of the molecule is CCNC(=NCc1cccnc1N(C)C)NCC1(CCOC)CCCC1. The molecule has 0 radical (unpaired) electrons. The lowest BCUT2D eigenvalue weighted by Gasteiger charge is -2.30. The lowest BCUT2D eigenvalue weighted by atomic mass is 9.83. The molecular formula is C20H35N5O. The highest BCUT2D eigenvalue weighted by molar-refractivity contribution is 5.79. The van der Waals surface area contributed by atoms with Gasteiger partial charge in [-0.1, -0.05) is 18.9 Å². The van der Waals surface area contributed by atoms with E-state index in [4.69, 9.17) is 9.73 Å². The van der Waals surface area contributed by atoms with Crippen molar-refractivity contribution in [3.8, 4) is 0 Å². The van der Waals surface area contributed by atoms with Crippen LogP contribution in [0.5, 0.6) is 0 Å². The number of nitrogens with zero attached hydrogens (tertiary/aromatic N) is 3. The van der Waals surface area contributed by atoms with Crippen molar-refractivity contribution < 1.29 is 4.74 Å². The van der Waals surface area contributed by atoms with Gasteiger partial charge in [-0.15, -0.1) is 0 Å². The molecule has 0 atom stereocenters. The van der Waals surface area contributed by atoms with E-state index in [1.54, 1.807) is 7.11 Å². The summed E-state index contributed by atoms with van der Waals surface area (Å²) in [5.74, 6) is 1.85. The predicted octanol–water partition coefficient (Wildman–Crippen LogP) is 2.80. The topological polar surface area (TPSA) is 61.8 Å². The van der Waals surface area contributed by atoms with Gasteiger partial charge in [0.2, 0.25) is 0 Å². The smallest absolute Gasteiger partial charge is 0.191 e. The molecule has 1 aromatic rings. The molecule has 1 heterocycles. The molecule has 6 nitrogen and oxygen atoms in total. The fourth-order valence-electron chi connectivity index (χ4n) is 3.69. The minimum atomic E-state index is 0.343. The van der Waals surface area contributed by atoms with Gasteiger partial charge < -0.3 is 20.3 Å². The summed E-state index contributed by atoms with van der Waals surface area (Å²) >= 11 is 0. The Hall–Kier alpha value is -1.82. The average molecular weight is 362 g/mol. The van der Waals surface area contributed by atoms with Crippen LogP contribution in [0, 0.1) is 5.41 Å². The number of methoxy groups -OCH3 is 1. The van der Waals surface area contributed by atoms with E-state index in [0.717, 1.165) is 43.5 Å². The number of hydrogen-bond acceptors (Lipinski definition) is 4.